The molecule has 7 heteroatoms. The van der Waals surface area contributed by atoms with E-state index >= 15 is 0 Å². The number of carboxylic acid groups (broad SMARTS) is 1. The summed E-state index contributed by atoms with van der Waals surface area (Å²) in [6.07, 6.45) is -0.350. The van der Waals surface area contributed by atoms with Crippen LogP contribution in [-0.2, 0) is 20.0 Å². The lowest BCUT2D eigenvalue weighted by Crippen LogP contribution is -2.14. The van der Waals surface area contributed by atoms with E-state index in [2.05, 4.69) is 4.98 Å². The SMILES string of the molecule is O=C(O)C(OP(=O)(O)Cc1ccccn1)c1ccccc1. The Morgan fingerprint density at radius 3 is 2.43 bits per heavy atom. The van der Waals surface area contributed by atoms with Crippen molar-refractivity contribution in [2.24, 2.45) is 0 Å². The molecule has 6 nitrogen and oxygen atoms in total. The Bertz CT molecular complexity index is 647. The van der Waals surface area contributed by atoms with Crippen LogP contribution in [0.1, 0.15) is 17.4 Å². The summed E-state index contributed by atoms with van der Waals surface area (Å²) in [5, 5.41) is 9.18. The second kappa shape index (κ2) is 6.63. The Morgan fingerprint density at radius 1 is 1.19 bits per heavy atom. The molecule has 2 N–H and O–H groups in total. The summed E-state index contributed by atoms with van der Waals surface area (Å²) in [4.78, 5) is 25.1. The van der Waals surface area contributed by atoms with Crippen LogP contribution in [0.15, 0.2) is 54.7 Å². The molecule has 0 amide bonds. The lowest BCUT2D eigenvalue weighted by atomic mass is 10.1. The molecule has 0 spiro atoms. The molecular formula is C14H14NO5P. The van der Waals surface area contributed by atoms with Crippen molar-refractivity contribution >= 4 is 13.6 Å². The molecule has 0 saturated heterocycles. The fourth-order valence-electron chi connectivity index (χ4n) is 1.77. The van der Waals surface area contributed by atoms with E-state index in [1.165, 1.54) is 18.3 Å². The number of hydrogen-bond acceptors (Lipinski definition) is 4. The zero-order chi connectivity index (χ0) is 15.3. The minimum atomic E-state index is -4.13. The molecule has 0 aliphatic carbocycles. The highest BCUT2D eigenvalue weighted by Gasteiger charge is 2.31. The first kappa shape index (κ1) is 15.4. The van der Waals surface area contributed by atoms with Crippen LogP contribution < -0.4 is 0 Å². The minimum absolute atomic E-state index is 0.306. The average molecular weight is 307 g/mol. The van der Waals surface area contributed by atoms with Crippen molar-refractivity contribution in [3.05, 3.63) is 66.0 Å². The Morgan fingerprint density at radius 2 is 1.86 bits per heavy atom. The second-order valence-electron chi connectivity index (χ2n) is 4.35. The van der Waals surface area contributed by atoms with E-state index in [9.17, 15) is 19.4 Å². The molecule has 0 aliphatic rings. The molecular weight excluding hydrogens is 293 g/mol. The quantitative estimate of drug-likeness (QED) is 0.796. The first-order valence-corrected chi connectivity index (χ1v) is 7.92. The van der Waals surface area contributed by atoms with Crippen LogP contribution in [0.2, 0.25) is 0 Å². The molecule has 2 rings (SSSR count). The summed E-state index contributed by atoms with van der Waals surface area (Å²) >= 11 is 0. The van der Waals surface area contributed by atoms with Gasteiger partial charge in [-0.2, -0.15) is 0 Å². The van der Waals surface area contributed by atoms with E-state index in [4.69, 9.17) is 4.52 Å². The Kier molecular flexibility index (Phi) is 4.85. The summed E-state index contributed by atoms with van der Waals surface area (Å²) in [7, 11) is -4.13. The van der Waals surface area contributed by atoms with Crippen LogP contribution in [0.25, 0.3) is 0 Å². The van der Waals surface area contributed by atoms with E-state index in [-0.39, 0.29) is 6.16 Å². The third kappa shape index (κ3) is 4.49. The van der Waals surface area contributed by atoms with Gasteiger partial charge in [-0.05, 0) is 17.7 Å². The smallest absolute Gasteiger partial charge is 0.338 e. The first-order chi connectivity index (χ1) is 9.98. The number of aromatic nitrogens is 1. The molecule has 0 radical (unpaired) electrons. The number of aliphatic carboxylic acids is 1. The van der Waals surface area contributed by atoms with Crippen LogP contribution >= 0.6 is 7.60 Å². The van der Waals surface area contributed by atoms with Crippen LogP contribution in [0, 0.1) is 0 Å². The van der Waals surface area contributed by atoms with Gasteiger partial charge in [0.15, 0.2) is 6.10 Å². The highest BCUT2D eigenvalue weighted by atomic mass is 31.2. The number of nitrogens with zero attached hydrogens (tertiary/aromatic N) is 1. The van der Waals surface area contributed by atoms with Crippen LogP contribution in [0.5, 0.6) is 0 Å². The van der Waals surface area contributed by atoms with Gasteiger partial charge in [-0.25, -0.2) is 4.79 Å². The number of rotatable bonds is 6. The van der Waals surface area contributed by atoms with E-state index in [0.29, 0.717) is 11.3 Å². The van der Waals surface area contributed by atoms with Gasteiger partial charge in [0.1, 0.15) is 0 Å². The zero-order valence-corrected chi connectivity index (χ0v) is 11.9. The Labute approximate surface area is 121 Å². The Balaban J connectivity index is 2.16. The molecule has 1 aromatic heterocycles. The minimum Gasteiger partial charge on any atom is -0.479 e. The Hall–Kier alpha value is -2.01. The van der Waals surface area contributed by atoms with E-state index in [1.54, 1.807) is 36.4 Å². The van der Waals surface area contributed by atoms with Crippen LogP contribution in [0.3, 0.4) is 0 Å². The maximum Gasteiger partial charge on any atom is 0.338 e. The van der Waals surface area contributed by atoms with Gasteiger partial charge in [-0.1, -0.05) is 36.4 Å². The topological polar surface area (TPSA) is 96.7 Å². The van der Waals surface area contributed by atoms with Gasteiger partial charge < -0.3 is 10.00 Å². The number of carboxylic acids is 1. The van der Waals surface area contributed by atoms with Crippen molar-refractivity contribution in [2.75, 3.05) is 0 Å². The third-order valence-electron chi connectivity index (χ3n) is 2.68. The maximum atomic E-state index is 12.1. The normalized spacial score (nSPS) is 15.1. The lowest BCUT2D eigenvalue weighted by Gasteiger charge is -2.18. The average Bonchev–Trinajstić information content (AvgIpc) is 2.46. The van der Waals surface area contributed by atoms with Gasteiger partial charge in [0.05, 0.1) is 11.9 Å². The van der Waals surface area contributed by atoms with Crippen molar-refractivity contribution in [1.82, 2.24) is 4.98 Å². The predicted molar refractivity (Wildman–Crippen MR) is 75.7 cm³/mol. The zero-order valence-electron chi connectivity index (χ0n) is 11.0. The maximum absolute atomic E-state index is 12.1. The molecule has 0 saturated carbocycles. The van der Waals surface area contributed by atoms with Crippen molar-refractivity contribution in [3.8, 4) is 0 Å². The van der Waals surface area contributed by atoms with E-state index in [0.717, 1.165) is 0 Å². The molecule has 0 bridgehead atoms. The van der Waals surface area contributed by atoms with Gasteiger partial charge in [0.2, 0.25) is 0 Å². The number of pyridine rings is 1. The summed E-state index contributed by atoms with van der Waals surface area (Å²) in [6, 6.07) is 13.0. The third-order valence-corrected chi connectivity index (χ3v) is 3.95. The van der Waals surface area contributed by atoms with E-state index in [1.807, 2.05) is 0 Å². The number of hydrogen-bond donors (Lipinski definition) is 2. The van der Waals surface area contributed by atoms with Crippen molar-refractivity contribution < 1.29 is 23.9 Å². The van der Waals surface area contributed by atoms with Gasteiger partial charge in [0, 0.05) is 6.20 Å². The molecule has 2 unspecified atom stereocenters. The van der Waals surface area contributed by atoms with Gasteiger partial charge in [-0.3, -0.25) is 14.1 Å². The fraction of sp³-hybridized carbons (Fsp3) is 0.143. The molecule has 110 valence electrons. The van der Waals surface area contributed by atoms with Gasteiger partial charge in [0.25, 0.3) is 0 Å². The van der Waals surface area contributed by atoms with E-state index < -0.39 is 19.7 Å². The highest BCUT2D eigenvalue weighted by molar-refractivity contribution is 7.52. The summed E-state index contributed by atoms with van der Waals surface area (Å²) in [6.45, 7) is 0. The van der Waals surface area contributed by atoms with Crippen molar-refractivity contribution in [1.29, 1.82) is 0 Å². The molecule has 1 heterocycles. The van der Waals surface area contributed by atoms with Crippen LogP contribution in [0.4, 0.5) is 0 Å². The second-order valence-corrected chi connectivity index (χ2v) is 6.15. The highest BCUT2D eigenvalue weighted by Crippen LogP contribution is 2.49. The van der Waals surface area contributed by atoms with Crippen LogP contribution in [-0.4, -0.2) is 21.0 Å². The van der Waals surface area contributed by atoms with Gasteiger partial charge in [-0.15, -0.1) is 0 Å². The fourth-order valence-corrected chi connectivity index (χ4v) is 2.99. The number of carbonyl (C=O) groups is 1. The van der Waals surface area contributed by atoms with Gasteiger partial charge >= 0.3 is 13.6 Å². The standard InChI is InChI=1S/C14H14NO5P/c16-14(17)13(11-6-2-1-3-7-11)20-21(18,19)10-12-8-4-5-9-15-12/h1-9,13H,10H2,(H,16,17)(H,18,19). The summed E-state index contributed by atoms with van der Waals surface area (Å²) < 4.78 is 17.1. The largest absolute Gasteiger partial charge is 0.479 e. The molecule has 21 heavy (non-hydrogen) atoms. The summed E-state index contributed by atoms with van der Waals surface area (Å²) in [5.41, 5.74) is 0.667. The lowest BCUT2D eigenvalue weighted by molar-refractivity contribution is -0.145. The number of benzene rings is 1. The molecule has 1 aromatic carbocycles. The molecule has 0 fully saturated rings. The van der Waals surface area contributed by atoms with Crippen molar-refractivity contribution in [2.45, 2.75) is 12.3 Å². The monoisotopic (exact) mass is 307 g/mol. The first-order valence-electron chi connectivity index (χ1n) is 6.16. The summed E-state index contributed by atoms with van der Waals surface area (Å²) in [5.74, 6) is -1.32. The molecule has 2 aromatic rings. The molecule has 2 atom stereocenters. The predicted octanol–water partition coefficient (Wildman–Crippen LogP) is 2.61. The molecule has 0 aliphatic heterocycles. The van der Waals surface area contributed by atoms with Crippen molar-refractivity contribution in [3.63, 3.8) is 0 Å².